The van der Waals surface area contributed by atoms with Crippen molar-refractivity contribution in [2.45, 2.75) is 25.4 Å². The molecule has 4 rings (SSSR count). The van der Waals surface area contributed by atoms with Gasteiger partial charge in [-0.25, -0.2) is 4.79 Å². The van der Waals surface area contributed by atoms with Crippen LogP contribution in [0.1, 0.15) is 18.4 Å². The molecule has 2 heterocycles. The van der Waals surface area contributed by atoms with Crippen molar-refractivity contribution in [3.8, 4) is 0 Å². The van der Waals surface area contributed by atoms with Crippen molar-refractivity contribution in [1.82, 2.24) is 15.1 Å². The van der Waals surface area contributed by atoms with E-state index < -0.39 is 0 Å². The molecule has 0 spiro atoms. The summed E-state index contributed by atoms with van der Waals surface area (Å²) in [5.74, 6) is 0. The normalized spacial score (nSPS) is 20.9. The zero-order valence-corrected chi connectivity index (χ0v) is 15.9. The lowest BCUT2D eigenvalue weighted by Crippen LogP contribution is -2.53. The topological polar surface area (TPSA) is 44.8 Å². The fourth-order valence-electron chi connectivity index (χ4n) is 4.14. The van der Waals surface area contributed by atoms with Gasteiger partial charge in [0.15, 0.2) is 0 Å². The quantitative estimate of drug-likeness (QED) is 0.884. The number of piperazine rings is 1. The molecule has 0 bridgehead atoms. The van der Waals surface area contributed by atoms with Crippen LogP contribution in [-0.4, -0.2) is 67.8 Å². The van der Waals surface area contributed by atoms with Gasteiger partial charge in [-0.05, 0) is 35.6 Å². The van der Waals surface area contributed by atoms with E-state index in [1.165, 1.54) is 29.2 Å². The molecular formula is C22H29N3O2. The van der Waals surface area contributed by atoms with Crippen molar-refractivity contribution < 1.29 is 9.53 Å². The van der Waals surface area contributed by atoms with Crippen LogP contribution in [0, 0.1) is 0 Å². The van der Waals surface area contributed by atoms with Gasteiger partial charge in [0.1, 0.15) is 0 Å². The molecule has 2 aliphatic rings. The highest BCUT2D eigenvalue weighted by molar-refractivity contribution is 5.85. The molecule has 5 heteroatoms. The number of hydrogen-bond acceptors (Lipinski definition) is 3. The molecule has 2 amide bonds. The van der Waals surface area contributed by atoms with Gasteiger partial charge in [0.25, 0.3) is 0 Å². The maximum absolute atomic E-state index is 12.5. The Balaban J connectivity index is 1.22. The molecule has 2 saturated heterocycles. The number of ether oxygens (including phenoxy) is 1. The second-order valence-electron chi connectivity index (χ2n) is 7.54. The molecule has 27 heavy (non-hydrogen) atoms. The molecule has 2 aromatic rings. The Morgan fingerprint density at radius 1 is 1.07 bits per heavy atom. The summed E-state index contributed by atoms with van der Waals surface area (Å²) in [6.45, 7) is 6.07. The van der Waals surface area contributed by atoms with Gasteiger partial charge < -0.3 is 15.0 Å². The van der Waals surface area contributed by atoms with Gasteiger partial charge in [0, 0.05) is 45.9 Å². The molecule has 2 fully saturated rings. The van der Waals surface area contributed by atoms with Gasteiger partial charge in [-0.3, -0.25) is 4.90 Å². The van der Waals surface area contributed by atoms with E-state index in [0.717, 1.165) is 45.8 Å². The Hall–Kier alpha value is -2.11. The third-order valence-electron chi connectivity index (χ3n) is 5.70. The van der Waals surface area contributed by atoms with Crippen molar-refractivity contribution in [3.05, 3.63) is 48.0 Å². The van der Waals surface area contributed by atoms with Crippen LogP contribution in [0.25, 0.3) is 10.8 Å². The van der Waals surface area contributed by atoms with Crippen molar-refractivity contribution in [2.24, 2.45) is 0 Å². The molecule has 2 aromatic carbocycles. The van der Waals surface area contributed by atoms with Crippen molar-refractivity contribution in [2.75, 3.05) is 45.9 Å². The summed E-state index contributed by atoms with van der Waals surface area (Å²) in [5, 5.41) is 5.63. The van der Waals surface area contributed by atoms with E-state index >= 15 is 0 Å². The highest BCUT2D eigenvalue weighted by Gasteiger charge is 2.24. The number of fused-ring (bicyclic) bond motifs is 1. The van der Waals surface area contributed by atoms with Gasteiger partial charge in [-0.15, -0.1) is 0 Å². The number of urea groups is 1. The summed E-state index contributed by atoms with van der Waals surface area (Å²) in [7, 11) is 0. The maximum atomic E-state index is 12.5. The van der Waals surface area contributed by atoms with Crippen LogP contribution in [0.4, 0.5) is 4.79 Å². The molecular weight excluding hydrogens is 338 g/mol. The van der Waals surface area contributed by atoms with Gasteiger partial charge >= 0.3 is 6.03 Å². The lowest BCUT2D eigenvalue weighted by atomic mass is 10.0. The van der Waals surface area contributed by atoms with E-state index in [0.29, 0.717) is 12.6 Å². The Bertz CT molecular complexity index is 760. The highest BCUT2D eigenvalue weighted by atomic mass is 16.5. The Labute approximate surface area is 161 Å². The molecule has 1 N–H and O–H groups in total. The largest absolute Gasteiger partial charge is 0.377 e. The van der Waals surface area contributed by atoms with Crippen molar-refractivity contribution in [3.63, 3.8) is 0 Å². The lowest BCUT2D eigenvalue weighted by Gasteiger charge is -2.35. The van der Waals surface area contributed by atoms with Crippen LogP contribution in [0.2, 0.25) is 0 Å². The number of nitrogens with one attached hydrogen (secondary N) is 1. The van der Waals surface area contributed by atoms with Gasteiger partial charge in [0.2, 0.25) is 0 Å². The number of carbonyl (C=O) groups excluding carboxylic acids is 1. The number of nitrogens with zero attached hydrogens (tertiary/aromatic N) is 2. The zero-order chi connectivity index (χ0) is 18.5. The Morgan fingerprint density at radius 2 is 1.89 bits per heavy atom. The first-order valence-corrected chi connectivity index (χ1v) is 10.1. The monoisotopic (exact) mass is 367 g/mol. The van der Waals surface area contributed by atoms with E-state index in [1.54, 1.807) is 0 Å². The summed E-state index contributed by atoms with van der Waals surface area (Å²) in [4.78, 5) is 16.8. The van der Waals surface area contributed by atoms with Gasteiger partial charge in [0.05, 0.1) is 6.10 Å². The molecule has 5 nitrogen and oxygen atoms in total. The smallest absolute Gasteiger partial charge is 0.317 e. The first kappa shape index (κ1) is 18.3. The summed E-state index contributed by atoms with van der Waals surface area (Å²) in [6.07, 6.45) is 3.61. The lowest BCUT2D eigenvalue weighted by molar-refractivity contribution is 0.0561. The Kier molecular flexibility index (Phi) is 5.90. The molecule has 1 unspecified atom stereocenters. The summed E-state index contributed by atoms with van der Waals surface area (Å²) >= 11 is 0. The standard InChI is InChI=1S/C22H29N3O2/c26-22(25-14-12-24(13-15-25)17-20-8-4-16-27-20)23-11-10-19-7-3-6-18-5-1-2-9-21(18)19/h1-3,5-7,9,20H,4,8,10-17H2,(H,23,26). The van der Waals surface area contributed by atoms with Crippen molar-refractivity contribution in [1.29, 1.82) is 0 Å². The van der Waals surface area contributed by atoms with E-state index in [9.17, 15) is 4.79 Å². The number of rotatable bonds is 5. The number of amides is 2. The SMILES string of the molecule is O=C(NCCc1cccc2ccccc12)N1CCN(CC2CCCO2)CC1. The van der Waals surface area contributed by atoms with Crippen LogP contribution in [0.15, 0.2) is 42.5 Å². The number of carbonyl (C=O) groups is 1. The fourth-order valence-corrected chi connectivity index (χ4v) is 4.14. The fraction of sp³-hybridized carbons (Fsp3) is 0.500. The van der Waals surface area contributed by atoms with Crippen LogP contribution in [0.5, 0.6) is 0 Å². The molecule has 2 aliphatic heterocycles. The number of benzene rings is 2. The average Bonchev–Trinajstić information content (AvgIpc) is 3.22. The predicted octanol–water partition coefficient (Wildman–Crippen LogP) is 2.89. The van der Waals surface area contributed by atoms with Crippen LogP contribution in [0.3, 0.4) is 0 Å². The minimum absolute atomic E-state index is 0.0620. The number of hydrogen-bond donors (Lipinski definition) is 1. The van der Waals surface area contributed by atoms with E-state index in [4.69, 9.17) is 4.74 Å². The van der Waals surface area contributed by atoms with Crippen molar-refractivity contribution >= 4 is 16.8 Å². The molecule has 0 radical (unpaired) electrons. The molecule has 144 valence electrons. The highest BCUT2D eigenvalue weighted by Crippen LogP contribution is 2.18. The molecule has 1 atom stereocenters. The first-order chi connectivity index (χ1) is 13.3. The van der Waals surface area contributed by atoms with Gasteiger partial charge in [-0.1, -0.05) is 42.5 Å². The summed E-state index contributed by atoms with van der Waals surface area (Å²) in [6, 6.07) is 14.9. The third-order valence-corrected chi connectivity index (χ3v) is 5.70. The minimum Gasteiger partial charge on any atom is -0.377 e. The summed E-state index contributed by atoms with van der Waals surface area (Å²) < 4.78 is 5.72. The van der Waals surface area contributed by atoms with E-state index in [-0.39, 0.29) is 6.03 Å². The van der Waals surface area contributed by atoms with Crippen LogP contribution >= 0.6 is 0 Å². The van der Waals surface area contributed by atoms with Crippen LogP contribution < -0.4 is 5.32 Å². The minimum atomic E-state index is 0.0620. The second-order valence-corrected chi connectivity index (χ2v) is 7.54. The van der Waals surface area contributed by atoms with Gasteiger partial charge in [-0.2, -0.15) is 0 Å². The second kappa shape index (κ2) is 8.72. The maximum Gasteiger partial charge on any atom is 0.317 e. The molecule has 0 saturated carbocycles. The molecule has 0 aliphatic carbocycles. The Morgan fingerprint density at radius 3 is 2.70 bits per heavy atom. The third kappa shape index (κ3) is 4.60. The van der Waals surface area contributed by atoms with Crippen LogP contribution in [-0.2, 0) is 11.2 Å². The predicted molar refractivity (Wildman–Crippen MR) is 108 cm³/mol. The zero-order valence-electron chi connectivity index (χ0n) is 15.9. The summed E-state index contributed by atoms with van der Waals surface area (Å²) in [5.41, 5.74) is 1.29. The first-order valence-electron chi connectivity index (χ1n) is 10.1. The van der Waals surface area contributed by atoms with E-state index in [2.05, 4.69) is 52.7 Å². The van der Waals surface area contributed by atoms with E-state index in [1.807, 2.05) is 4.90 Å². The average molecular weight is 367 g/mol. The molecule has 0 aromatic heterocycles.